The summed E-state index contributed by atoms with van der Waals surface area (Å²) in [6.07, 6.45) is 2.76. The van der Waals surface area contributed by atoms with Gasteiger partial charge in [-0.05, 0) is 30.4 Å². The number of carboxylic acid groups (broad SMARTS) is 1. The van der Waals surface area contributed by atoms with Crippen molar-refractivity contribution < 1.29 is 31.9 Å². The predicted octanol–water partition coefficient (Wildman–Crippen LogP) is -0.391. The molecule has 28 heavy (non-hydrogen) atoms. The van der Waals surface area contributed by atoms with E-state index in [1.807, 2.05) is 12.1 Å². The number of hydrogen-bond donors (Lipinski definition) is 2. The molecular weight excluding hydrogens is 374 g/mol. The molecule has 3 rings (SSSR count). The van der Waals surface area contributed by atoms with Gasteiger partial charge in [0.15, 0.2) is 0 Å². The number of ether oxygens (including phenoxy) is 1. The Morgan fingerprint density at radius 2 is 1.64 bits per heavy atom. The first kappa shape index (κ1) is 22.4. The van der Waals surface area contributed by atoms with Gasteiger partial charge in [-0.1, -0.05) is 60.7 Å². The van der Waals surface area contributed by atoms with Crippen LogP contribution in [-0.4, -0.2) is 43.9 Å². The molecule has 2 atom stereocenters. The third kappa shape index (κ3) is 6.62. The summed E-state index contributed by atoms with van der Waals surface area (Å²) in [4.78, 5) is 12.5. The molecule has 0 saturated carbocycles. The summed E-state index contributed by atoms with van der Waals surface area (Å²) >= 11 is 0. The van der Waals surface area contributed by atoms with Crippen molar-refractivity contribution in [3.05, 3.63) is 71.8 Å². The molecule has 0 bridgehead atoms. The number of likely N-dealkylation sites (tertiary alicyclic amines) is 1. The van der Waals surface area contributed by atoms with E-state index in [1.165, 1.54) is 16.0 Å². The number of halogens is 1. The van der Waals surface area contributed by atoms with E-state index in [-0.39, 0.29) is 18.3 Å². The summed E-state index contributed by atoms with van der Waals surface area (Å²) in [6.45, 7) is 4.09. The highest BCUT2D eigenvalue weighted by molar-refractivity contribution is 5.70. The fourth-order valence-electron chi connectivity index (χ4n) is 4.01. The standard InChI is InChI=1S/C23H29NO3.ClH/c25-23(26)21-12-7-14-24(18-21)15-17-27-16-13-22(19-8-3-1-4-9-19)20-10-5-2-6-11-20;/h1-6,8-11,21-22H,7,12-18H2,(H,25,26);1H. The van der Waals surface area contributed by atoms with Crippen LogP contribution in [0.25, 0.3) is 0 Å². The molecule has 0 aliphatic carbocycles. The van der Waals surface area contributed by atoms with Crippen LogP contribution in [0.4, 0.5) is 0 Å². The Kier molecular flexibility index (Phi) is 9.48. The Morgan fingerprint density at radius 1 is 1.04 bits per heavy atom. The number of aliphatic carboxylic acids is 1. The number of hydrogen-bond acceptors (Lipinski definition) is 2. The first-order valence-corrected chi connectivity index (χ1v) is 9.98. The quantitative estimate of drug-likeness (QED) is 0.561. The van der Waals surface area contributed by atoms with Crippen LogP contribution in [0.1, 0.15) is 36.3 Å². The zero-order valence-electron chi connectivity index (χ0n) is 16.2. The highest BCUT2D eigenvalue weighted by atomic mass is 35.5. The minimum Gasteiger partial charge on any atom is -1.00 e. The van der Waals surface area contributed by atoms with Crippen molar-refractivity contribution in [2.45, 2.75) is 25.2 Å². The molecule has 1 fully saturated rings. The van der Waals surface area contributed by atoms with Crippen molar-refractivity contribution in [3.63, 3.8) is 0 Å². The molecular formula is C23H30ClNO3. The third-order valence-corrected chi connectivity index (χ3v) is 5.52. The normalized spacial score (nSPS) is 19.2. The lowest BCUT2D eigenvalue weighted by Crippen LogP contribution is -3.14. The van der Waals surface area contributed by atoms with Crippen LogP contribution in [-0.2, 0) is 9.53 Å². The molecule has 0 radical (unpaired) electrons. The molecule has 1 heterocycles. The molecule has 152 valence electrons. The summed E-state index contributed by atoms with van der Waals surface area (Å²) in [5, 5.41) is 9.20. The van der Waals surface area contributed by atoms with Crippen LogP contribution >= 0.6 is 0 Å². The van der Waals surface area contributed by atoms with E-state index in [4.69, 9.17) is 4.74 Å². The number of carboxylic acids is 1. The van der Waals surface area contributed by atoms with Gasteiger partial charge in [-0.25, -0.2) is 0 Å². The van der Waals surface area contributed by atoms with E-state index in [1.54, 1.807) is 0 Å². The lowest BCUT2D eigenvalue weighted by atomic mass is 9.89. The van der Waals surface area contributed by atoms with Crippen molar-refractivity contribution in [2.24, 2.45) is 5.92 Å². The lowest BCUT2D eigenvalue weighted by molar-refractivity contribution is -0.907. The van der Waals surface area contributed by atoms with Crippen LogP contribution in [0, 0.1) is 5.92 Å². The van der Waals surface area contributed by atoms with E-state index in [9.17, 15) is 9.90 Å². The minimum absolute atomic E-state index is 0. The Balaban J connectivity index is 0.00000280. The van der Waals surface area contributed by atoms with Gasteiger partial charge in [0.1, 0.15) is 12.5 Å². The summed E-state index contributed by atoms with van der Waals surface area (Å²) in [5.74, 6) is -0.498. The highest BCUT2D eigenvalue weighted by Gasteiger charge is 2.28. The molecule has 5 heteroatoms. The van der Waals surface area contributed by atoms with E-state index < -0.39 is 5.97 Å². The van der Waals surface area contributed by atoms with Crippen molar-refractivity contribution in [3.8, 4) is 0 Å². The second-order valence-electron chi connectivity index (χ2n) is 7.41. The number of piperidine rings is 1. The van der Waals surface area contributed by atoms with E-state index >= 15 is 0 Å². The van der Waals surface area contributed by atoms with Gasteiger partial charge in [0.05, 0.1) is 19.7 Å². The van der Waals surface area contributed by atoms with E-state index in [2.05, 4.69) is 48.5 Å². The summed E-state index contributed by atoms with van der Waals surface area (Å²) < 4.78 is 5.94. The van der Waals surface area contributed by atoms with Gasteiger partial charge in [-0.3, -0.25) is 4.79 Å². The largest absolute Gasteiger partial charge is 1.00 e. The van der Waals surface area contributed by atoms with Crippen LogP contribution < -0.4 is 17.3 Å². The molecule has 2 N–H and O–H groups in total. The molecule has 4 nitrogen and oxygen atoms in total. The number of nitrogens with one attached hydrogen (secondary N) is 1. The smallest absolute Gasteiger partial charge is 0.312 e. The first-order valence-electron chi connectivity index (χ1n) is 9.98. The van der Waals surface area contributed by atoms with Gasteiger partial charge in [-0.15, -0.1) is 0 Å². The molecule has 0 amide bonds. The fourth-order valence-corrected chi connectivity index (χ4v) is 4.01. The number of quaternary nitrogens is 1. The molecule has 2 aromatic rings. The molecule has 0 aromatic heterocycles. The van der Waals surface area contributed by atoms with E-state index in [0.29, 0.717) is 19.1 Å². The second kappa shape index (κ2) is 11.8. The zero-order chi connectivity index (χ0) is 18.9. The maximum absolute atomic E-state index is 11.2. The Labute approximate surface area is 173 Å². The van der Waals surface area contributed by atoms with Gasteiger partial charge in [0.2, 0.25) is 0 Å². The van der Waals surface area contributed by atoms with Crippen molar-refractivity contribution >= 4 is 5.97 Å². The topological polar surface area (TPSA) is 51.0 Å². The Morgan fingerprint density at radius 3 is 2.21 bits per heavy atom. The summed E-state index contributed by atoms with van der Waals surface area (Å²) in [5.41, 5.74) is 2.64. The average Bonchev–Trinajstić information content (AvgIpc) is 2.72. The SMILES string of the molecule is O=C(O)C1CCC[NH+](CCOCCC(c2ccccc2)c2ccccc2)C1.[Cl-]. The predicted molar refractivity (Wildman–Crippen MR) is 106 cm³/mol. The molecule has 2 unspecified atom stereocenters. The Hall–Kier alpha value is -1.88. The van der Waals surface area contributed by atoms with Gasteiger partial charge in [0, 0.05) is 12.5 Å². The van der Waals surface area contributed by atoms with Crippen molar-refractivity contribution in [2.75, 3.05) is 32.8 Å². The average molecular weight is 404 g/mol. The monoisotopic (exact) mass is 403 g/mol. The van der Waals surface area contributed by atoms with E-state index in [0.717, 1.165) is 38.9 Å². The molecule has 1 aliphatic rings. The summed E-state index contributed by atoms with van der Waals surface area (Å²) in [6, 6.07) is 21.2. The zero-order valence-corrected chi connectivity index (χ0v) is 17.0. The highest BCUT2D eigenvalue weighted by Crippen LogP contribution is 2.27. The Bertz CT molecular complexity index is 656. The summed E-state index contributed by atoms with van der Waals surface area (Å²) in [7, 11) is 0. The van der Waals surface area contributed by atoms with Crippen LogP contribution in [0.15, 0.2) is 60.7 Å². The molecule has 0 spiro atoms. The molecule has 2 aromatic carbocycles. The van der Waals surface area contributed by atoms with Crippen molar-refractivity contribution in [1.82, 2.24) is 0 Å². The van der Waals surface area contributed by atoms with Gasteiger partial charge < -0.3 is 27.2 Å². The maximum Gasteiger partial charge on any atom is 0.312 e. The van der Waals surface area contributed by atoms with Crippen LogP contribution in [0.2, 0.25) is 0 Å². The maximum atomic E-state index is 11.2. The number of rotatable bonds is 9. The fraction of sp³-hybridized carbons (Fsp3) is 0.435. The molecule has 1 aliphatic heterocycles. The van der Waals surface area contributed by atoms with Crippen LogP contribution in [0.5, 0.6) is 0 Å². The second-order valence-corrected chi connectivity index (χ2v) is 7.41. The van der Waals surface area contributed by atoms with Gasteiger partial charge >= 0.3 is 5.97 Å². The minimum atomic E-state index is -0.651. The van der Waals surface area contributed by atoms with Crippen molar-refractivity contribution in [1.29, 1.82) is 0 Å². The van der Waals surface area contributed by atoms with Gasteiger partial charge in [-0.2, -0.15) is 0 Å². The number of carbonyl (C=O) groups is 1. The van der Waals surface area contributed by atoms with Gasteiger partial charge in [0.25, 0.3) is 0 Å². The molecule has 1 saturated heterocycles. The first-order chi connectivity index (χ1) is 13.2. The number of benzene rings is 2. The lowest BCUT2D eigenvalue weighted by Gasteiger charge is -2.27. The van der Waals surface area contributed by atoms with Crippen LogP contribution in [0.3, 0.4) is 0 Å². The third-order valence-electron chi connectivity index (χ3n) is 5.52.